The Morgan fingerprint density at radius 3 is 2.22 bits per heavy atom. The largest absolute Gasteiger partial charge is 0.392 e. The van der Waals surface area contributed by atoms with Crippen molar-refractivity contribution in [3.8, 4) is 0 Å². The van der Waals surface area contributed by atoms with Gasteiger partial charge < -0.3 is 10.6 Å². The number of oxime groups is 1. The molecule has 1 aromatic carbocycles. The molecule has 0 saturated heterocycles. The van der Waals surface area contributed by atoms with Crippen molar-refractivity contribution < 1.29 is 18.0 Å². The van der Waals surface area contributed by atoms with Crippen LogP contribution in [0.15, 0.2) is 34.3 Å². The number of carbonyl (C=O) groups excluding carboxylic acids is 1. The third kappa shape index (κ3) is 3.55. The minimum atomic E-state index is -3.24. The zero-order valence-corrected chi connectivity index (χ0v) is 13.6. The van der Waals surface area contributed by atoms with E-state index in [2.05, 4.69) is 5.16 Å². The number of nitrogens with zero attached hydrogens (tertiary/aromatic N) is 1. The van der Waals surface area contributed by atoms with Crippen molar-refractivity contribution in [3.63, 3.8) is 0 Å². The van der Waals surface area contributed by atoms with Crippen molar-refractivity contribution in [1.29, 1.82) is 0 Å². The van der Waals surface area contributed by atoms with Crippen molar-refractivity contribution in [1.82, 2.24) is 0 Å². The molecule has 0 atom stereocenters. The van der Waals surface area contributed by atoms with Crippen LogP contribution in [0.3, 0.4) is 0 Å². The fraction of sp³-hybridized carbons (Fsp3) is 0.500. The normalized spacial score (nSPS) is 19.7. The van der Waals surface area contributed by atoms with E-state index in [0.29, 0.717) is 18.4 Å². The topological polar surface area (TPSA) is 98.8 Å². The molecule has 0 unspecified atom stereocenters. The first kappa shape index (κ1) is 16.0. The van der Waals surface area contributed by atoms with Gasteiger partial charge in [-0.2, -0.15) is 0 Å². The highest BCUT2D eigenvalue weighted by molar-refractivity contribution is 7.92. The van der Waals surface area contributed by atoms with Crippen LogP contribution in [0.2, 0.25) is 0 Å². The van der Waals surface area contributed by atoms with Gasteiger partial charge in [0, 0.05) is 5.56 Å². The summed E-state index contributed by atoms with van der Waals surface area (Å²) in [4.78, 5) is 17.3. The van der Waals surface area contributed by atoms with Gasteiger partial charge in [-0.05, 0) is 50.7 Å². The Labute approximate surface area is 135 Å². The number of carbonyl (C=O) groups is 1. The Balaban J connectivity index is 1.79. The first-order chi connectivity index (χ1) is 11.0. The smallest absolute Gasteiger partial charge is 0.271 e. The fourth-order valence-corrected chi connectivity index (χ4v) is 4.39. The van der Waals surface area contributed by atoms with E-state index in [4.69, 9.17) is 10.6 Å². The summed E-state index contributed by atoms with van der Waals surface area (Å²) in [5.74, 6) is -0.694. The highest BCUT2D eigenvalue weighted by atomic mass is 32.2. The van der Waals surface area contributed by atoms with Crippen LogP contribution >= 0.6 is 0 Å². The van der Waals surface area contributed by atoms with Gasteiger partial charge in [0.25, 0.3) is 5.91 Å². The molecule has 6 nitrogen and oxygen atoms in total. The molecule has 0 bridgehead atoms. The van der Waals surface area contributed by atoms with Gasteiger partial charge >= 0.3 is 0 Å². The second-order valence-electron chi connectivity index (χ2n) is 6.08. The van der Waals surface area contributed by atoms with E-state index < -0.39 is 15.7 Å². The molecule has 7 heteroatoms. The average molecular weight is 336 g/mol. The number of hydrogen-bond acceptors (Lipinski definition) is 5. The number of primary amides is 1. The van der Waals surface area contributed by atoms with Crippen LogP contribution in [-0.2, 0) is 19.5 Å². The van der Waals surface area contributed by atoms with Crippen LogP contribution in [-0.4, -0.2) is 31.4 Å². The summed E-state index contributed by atoms with van der Waals surface area (Å²) in [7, 11) is -3.24. The number of hydrogen-bond donors (Lipinski definition) is 1. The maximum Gasteiger partial charge on any atom is 0.271 e. The predicted molar refractivity (Wildman–Crippen MR) is 85.7 cm³/mol. The Kier molecular flexibility index (Phi) is 4.39. The van der Waals surface area contributed by atoms with E-state index in [9.17, 15) is 13.2 Å². The summed E-state index contributed by atoms with van der Waals surface area (Å²) in [6.07, 6.45) is 5.50. The summed E-state index contributed by atoms with van der Waals surface area (Å²) < 4.78 is 24.3. The Bertz CT molecular complexity index is 715. The van der Waals surface area contributed by atoms with E-state index in [1.807, 2.05) is 0 Å². The van der Waals surface area contributed by atoms with Crippen molar-refractivity contribution in [2.75, 3.05) is 0 Å². The molecule has 23 heavy (non-hydrogen) atoms. The highest BCUT2D eigenvalue weighted by Crippen LogP contribution is 2.33. The number of nitrogens with two attached hydrogens (primary N) is 1. The molecule has 1 amide bonds. The lowest BCUT2D eigenvalue weighted by Gasteiger charge is -2.09. The Morgan fingerprint density at radius 2 is 1.70 bits per heavy atom. The summed E-state index contributed by atoms with van der Waals surface area (Å²) in [6, 6.07) is 6.10. The van der Waals surface area contributed by atoms with Crippen molar-refractivity contribution in [2.24, 2.45) is 10.9 Å². The van der Waals surface area contributed by atoms with Crippen LogP contribution in [0.1, 0.15) is 44.1 Å². The highest BCUT2D eigenvalue weighted by Gasteiger charge is 2.36. The van der Waals surface area contributed by atoms with Crippen LogP contribution < -0.4 is 5.73 Å². The lowest BCUT2D eigenvalue weighted by molar-refractivity contribution is -0.112. The minimum Gasteiger partial charge on any atom is -0.392 e. The van der Waals surface area contributed by atoms with E-state index in [1.165, 1.54) is 12.1 Å². The molecule has 0 aromatic heterocycles. The Hall–Kier alpha value is -1.89. The van der Waals surface area contributed by atoms with Gasteiger partial charge in [-0.15, -0.1) is 0 Å². The Morgan fingerprint density at radius 1 is 1.09 bits per heavy atom. The molecule has 0 spiro atoms. The molecule has 0 heterocycles. The van der Waals surface area contributed by atoms with Gasteiger partial charge in [0.1, 0.15) is 6.10 Å². The van der Waals surface area contributed by atoms with Gasteiger partial charge in [0.2, 0.25) is 0 Å². The summed E-state index contributed by atoms with van der Waals surface area (Å²) in [5.41, 5.74) is 5.85. The van der Waals surface area contributed by atoms with E-state index in [0.717, 1.165) is 25.7 Å². The lowest BCUT2D eigenvalue weighted by atomic mass is 10.1. The second kappa shape index (κ2) is 6.31. The maximum atomic E-state index is 12.2. The van der Waals surface area contributed by atoms with Crippen LogP contribution in [0.4, 0.5) is 0 Å². The van der Waals surface area contributed by atoms with Crippen molar-refractivity contribution in [3.05, 3.63) is 29.8 Å². The molecule has 2 aliphatic rings. The van der Waals surface area contributed by atoms with Crippen LogP contribution in [0, 0.1) is 0 Å². The monoisotopic (exact) mass is 336 g/mol. The number of benzene rings is 1. The number of amides is 1. The molecule has 3 rings (SSSR count). The molecular formula is C16H20N2O4S. The van der Waals surface area contributed by atoms with E-state index in [-0.39, 0.29) is 22.0 Å². The van der Waals surface area contributed by atoms with Crippen molar-refractivity contribution >= 4 is 21.5 Å². The summed E-state index contributed by atoms with van der Waals surface area (Å²) in [5, 5.41) is 3.65. The molecular weight excluding hydrogens is 316 g/mol. The van der Waals surface area contributed by atoms with Crippen molar-refractivity contribution in [2.45, 2.75) is 54.8 Å². The standard InChI is InChI=1S/C16H20N2O4S/c17-16(19)15(18-22-12-3-1-2-4-12)11-5-7-13(8-6-11)23(20,21)14-9-10-14/h5-8,12,14H,1-4,9-10H2,(H2,17,19)/b18-15+. The molecule has 0 aliphatic heterocycles. The third-order valence-electron chi connectivity index (χ3n) is 4.25. The number of rotatable bonds is 6. The SMILES string of the molecule is NC(=O)/C(=N/OC1CCCC1)c1ccc(S(=O)(=O)C2CC2)cc1. The predicted octanol–water partition coefficient (Wildman–Crippen LogP) is 1.77. The zero-order valence-electron chi connectivity index (χ0n) is 12.8. The van der Waals surface area contributed by atoms with Crippen LogP contribution in [0.5, 0.6) is 0 Å². The molecule has 2 saturated carbocycles. The van der Waals surface area contributed by atoms with Gasteiger partial charge in [-0.1, -0.05) is 17.3 Å². The molecule has 2 fully saturated rings. The third-order valence-corrected chi connectivity index (χ3v) is 6.53. The van der Waals surface area contributed by atoms with E-state index in [1.54, 1.807) is 12.1 Å². The molecule has 0 radical (unpaired) electrons. The maximum absolute atomic E-state index is 12.2. The average Bonchev–Trinajstić information content (AvgIpc) is 3.27. The summed E-state index contributed by atoms with van der Waals surface area (Å²) in [6.45, 7) is 0. The zero-order chi connectivity index (χ0) is 16.4. The molecule has 2 aliphatic carbocycles. The van der Waals surface area contributed by atoms with Gasteiger partial charge in [0.15, 0.2) is 15.5 Å². The molecule has 2 N–H and O–H groups in total. The quantitative estimate of drug-likeness (QED) is 0.632. The van der Waals surface area contributed by atoms with Gasteiger partial charge in [-0.25, -0.2) is 8.42 Å². The lowest BCUT2D eigenvalue weighted by Crippen LogP contribution is -2.25. The van der Waals surface area contributed by atoms with Crippen LogP contribution in [0.25, 0.3) is 0 Å². The fourth-order valence-electron chi connectivity index (χ4n) is 2.73. The summed E-state index contributed by atoms with van der Waals surface area (Å²) >= 11 is 0. The molecule has 1 aromatic rings. The number of sulfone groups is 1. The van der Waals surface area contributed by atoms with Gasteiger partial charge in [0.05, 0.1) is 10.1 Å². The van der Waals surface area contributed by atoms with E-state index >= 15 is 0 Å². The second-order valence-corrected chi connectivity index (χ2v) is 8.31. The van der Waals surface area contributed by atoms with Gasteiger partial charge in [-0.3, -0.25) is 4.79 Å². The minimum absolute atomic E-state index is 0.0206. The first-order valence-corrected chi connectivity index (χ1v) is 9.41. The first-order valence-electron chi connectivity index (χ1n) is 7.86. The molecule has 124 valence electrons.